The van der Waals surface area contributed by atoms with Gasteiger partial charge in [-0.2, -0.15) is 5.26 Å². The highest BCUT2D eigenvalue weighted by atomic mass is 16.4. The van der Waals surface area contributed by atoms with Crippen molar-refractivity contribution in [3.05, 3.63) is 0 Å². The van der Waals surface area contributed by atoms with Crippen LogP contribution < -0.4 is 10.6 Å². The minimum absolute atomic E-state index is 0.0613. The molecule has 0 radical (unpaired) electrons. The molecule has 17 heavy (non-hydrogen) atoms. The smallest absolute Gasteiger partial charge is 0.323 e. The Morgan fingerprint density at radius 1 is 1.47 bits per heavy atom. The van der Waals surface area contributed by atoms with Gasteiger partial charge in [-0.05, 0) is 13.3 Å². The maximum Gasteiger partial charge on any atom is 0.323 e. The Morgan fingerprint density at radius 2 is 2.12 bits per heavy atom. The monoisotopic (exact) mass is 241 g/mol. The molecule has 1 unspecified atom stereocenters. The molecule has 0 aliphatic carbocycles. The van der Waals surface area contributed by atoms with Crippen molar-refractivity contribution < 1.29 is 14.7 Å². The number of carboxylic acids is 1. The first kappa shape index (κ1) is 15.4. The lowest BCUT2D eigenvalue weighted by Gasteiger charge is -2.25. The number of aliphatic carboxylic acids is 1. The summed E-state index contributed by atoms with van der Waals surface area (Å²) >= 11 is 0. The quantitative estimate of drug-likeness (QED) is 0.529. The van der Waals surface area contributed by atoms with Crippen molar-refractivity contribution in [2.45, 2.75) is 38.6 Å². The van der Waals surface area contributed by atoms with Crippen molar-refractivity contribution >= 4 is 11.9 Å². The van der Waals surface area contributed by atoms with E-state index in [2.05, 4.69) is 10.6 Å². The van der Waals surface area contributed by atoms with Crippen molar-refractivity contribution in [1.29, 1.82) is 5.26 Å². The molecule has 0 bridgehead atoms. The summed E-state index contributed by atoms with van der Waals surface area (Å²) in [6.07, 6.45) is 1.41. The lowest BCUT2D eigenvalue weighted by molar-refractivity contribution is -0.144. The lowest BCUT2D eigenvalue weighted by atomic mass is 9.96. The Bertz CT molecular complexity index is 312. The summed E-state index contributed by atoms with van der Waals surface area (Å²) in [6.45, 7) is 3.67. The van der Waals surface area contributed by atoms with E-state index in [1.165, 1.54) is 0 Å². The van der Waals surface area contributed by atoms with Gasteiger partial charge in [0, 0.05) is 6.54 Å². The van der Waals surface area contributed by atoms with Crippen molar-refractivity contribution in [3.63, 3.8) is 0 Å². The van der Waals surface area contributed by atoms with Crippen LogP contribution in [0.1, 0.15) is 33.1 Å². The van der Waals surface area contributed by atoms with Gasteiger partial charge in [0.05, 0.1) is 19.0 Å². The third-order valence-corrected chi connectivity index (χ3v) is 2.42. The predicted octanol–water partition coefficient (Wildman–Crippen LogP) is 0.249. The zero-order valence-corrected chi connectivity index (χ0v) is 10.2. The molecule has 0 aliphatic rings. The molecule has 0 aliphatic heterocycles. The largest absolute Gasteiger partial charge is 0.480 e. The van der Waals surface area contributed by atoms with Crippen LogP contribution >= 0.6 is 0 Å². The maximum atomic E-state index is 11.3. The molecule has 0 aromatic rings. The van der Waals surface area contributed by atoms with Gasteiger partial charge in [-0.15, -0.1) is 0 Å². The summed E-state index contributed by atoms with van der Waals surface area (Å²) < 4.78 is 0. The lowest BCUT2D eigenvalue weighted by Crippen LogP contribution is -2.52. The summed E-state index contributed by atoms with van der Waals surface area (Å²) in [7, 11) is 0. The molecule has 96 valence electrons. The molecule has 1 atom stereocenters. The normalized spacial score (nSPS) is 13.5. The Morgan fingerprint density at radius 3 is 2.59 bits per heavy atom. The molecule has 0 rings (SSSR count). The second-order valence-electron chi connectivity index (χ2n) is 4.00. The fraction of sp³-hybridized carbons (Fsp3) is 0.727. The number of carbonyl (C=O) groups is 2. The van der Waals surface area contributed by atoms with E-state index in [-0.39, 0.29) is 25.4 Å². The topological polar surface area (TPSA) is 102 Å². The average molecular weight is 241 g/mol. The zero-order valence-electron chi connectivity index (χ0n) is 10.2. The molecule has 6 nitrogen and oxygen atoms in total. The standard InChI is InChI=1S/C11H19N3O3/c1-3-5-11(2,10(16)17)14-8-9(15)13-7-4-6-12/h14H,3-5,7-8H2,1-2H3,(H,13,15)(H,16,17). The summed E-state index contributed by atoms with van der Waals surface area (Å²) in [4.78, 5) is 22.4. The van der Waals surface area contributed by atoms with E-state index in [4.69, 9.17) is 10.4 Å². The van der Waals surface area contributed by atoms with Gasteiger partial charge in [-0.1, -0.05) is 13.3 Å². The molecule has 6 heteroatoms. The van der Waals surface area contributed by atoms with E-state index in [9.17, 15) is 9.59 Å². The van der Waals surface area contributed by atoms with Crippen LogP contribution in [0.5, 0.6) is 0 Å². The first-order valence-electron chi connectivity index (χ1n) is 5.58. The molecule has 0 fully saturated rings. The summed E-state index contributed by atoms with van der Waals surface area (Å²) in [5.41, 5.74) is -1.08. The van der Waals surface area contributed by atoms with Crippen molar-refractivity contribution in [3.8, 4) is 6.07 Å². The fourth-order valence-corrected chi connectivity index (χ4v) is 1.37. The number of hydrogen-bond acceptors (Lipinski definition) is 4. The van der Waals surface area contributed by atoms with Gasteiger partial charge in [0.25, 0.3) is 0 Å². The Kier molecular flexibility index (Phi) is 6.91. The van der Waals surface area contributed by atoms with Gasteiger partial charge in [0.1, 0.15) is 5.54 Å². The Balaban J connectivity index is 4.10. The molecule has 0 saturated carbocycles. The molecular formula is C11H19N3O3. The van der Waals surface area contributed by atoms with E-state index >= 15 is 0 Å². The highest BCUT2D eigenvalue weighted by Gasteiger charge is 2.31. The van der Waals surface area contributed by atoms with E-state index in [1.54, 1.807) is 6.92 Å². The van der Waals surface area contributed by atoms with Crippen molar-refractivity contribution in [2.24, 2.45) is 0 Å². The number of hydrogen-bond donors (Lipinski definition) is 3. The van der Waals surface area contributed by atoms with Crippen LogP contribution in [0.4, 0.5) is 0 Å². The predicted molar refractivity (Wildman–Crippen MR) is 62.2 cm³/mol. The molecule has 0 aromatic carbocycles. The number of nitrogens with one attached hydrogen (secondary N) is 2. The van der Waals surface area contributed by atoms with Crippen LogP contribution in [0.25, 0.3) is 0 Å². The average Bonchev–Trinajstić information content (AvgIpc) is 2.27. The highest BCUT2D eigenvalue weighted by molar-refractivity contribution is 5.81. The molecule has 0 spiro atoms. The van der Waals surface area contributed by atoms with Crippen molar-refractivity contribution in [1.82, 2.24) is 10.6 Å². The van der Waals surface area contributed by atoms with Gasteiger partial charge >= 0.3 is 5.97 Å². The van der Waals surface area contributed by atoms with Gasteiger partial charge in [0.15, 0.2) is 0 Å². The van der Waals surface area contributed by atoms with Crippen LogP contribution in [0.3, 0.4) is 0 Å². The van der Waals surface area contributed by atoms with E-state index in [1.807, 2.05) is 13.0 Å². The second-order valence-corrected chi connectivity index (χ2v) is 4.00. The Labute approximate surface area is 101 Å². The number of amides is 1. The number of nitriles is 1. The maximum absolute atomic E-state index is 11.3. The van der Waals surface area contributed by atoms with Gasteiger partial charge in [-0.3, -0.25) is 14.9 Å². The van der Waals surface area contributed by atoms with Gasteiger partial charge < -0.3 is 10.4 Å². The first-order chi connectivity index (χ1) is 7.96. The third-order valence-electron chi connectivity index (χ3n) is 2.42. The summed E-state index contributed by atoms with van der Waals surface area (Å²) in [5, 5.41) is 22.6. The van der Waals surface area contributed by atoms with E-state index < -0.39 is 11.5 Å². The van der Waals surface area contributed by atoms with Crippen LogP contribution in [0.2, 0.25) is 0 Å². The molecule has 0 saturated heterocycles. The number of rotatable bonds is 8. The van der Waals surface area contributed by atoms with Crippen LogP contribution in [0.15, 0.2) is 0 Å². The minimum Gasteiger partial charge on any atom is -0.480 e. The molecule has 0 aromatic heterocycles. The molecule has 0 heterocycles. The highest BCUT2D eigenvalue weighted by Crippen LogP contribution is 2.11. The van der Waals surface area contributed by atoms with Crippen molar-refractivity contribution in [2.75, 3.05) is 13.1 Å². The first-order valence-corrected chi connectivity index (χ1v) is 5.58. The fourth-order valence-electron chi connectivity index (χ4n) is 1.37. The summed E-state index contributed by atoms with van der Waals surface area (Å²) in [5.74, 6) is -1.27. The van der Waals surface area contributed by atoms with E-state index in [0.717, 1.165) is 0 Å². The molecule has 1 amide bonds. The zero-order chi connectivity index (χ0) is 13.3. The third kappa shape index (κ3) is 5.88. The van der Waals surface area contributed by atoms with Crippen LogP contribution in [-0.2, 0) is 9.59 Å². The Hall–Kier alpha value is -1.61. The number of nitrogens with zero attached hydrogens (tertiary/aromatic N) is 1. The summed E-state index contributed by atoms with van der Waals surface area (Å²) in [6, 6.07) is 1.90. The SMILES string of the molecule is CCCC(C)(NCC(=O)NCCC#N)C(=O)O. The molecular weight excluding hydrogens is 222 g/mol. The number of carbonyl (C=O) groups excluding carboxylic acids is 1. The molecule has 3 N–H and O–H groups in total. The number of carboxylic acid groups (broad SMARTS) is 1. The van der Waals surface area contributed by atoms with Gasteiger partial charge in [0.2, 0.25) is 5.91 Å². The van der Waals surface area contributed by atoms with Gasteiger partial charge in [-0.25, -0.2) is 0 Å². The second kappa shape index (κ2) is 7.63. The van der Waals surface area contributed by atoms with E-state index in [0.29, 0.717) is 12.8 Å². The van der Waals surface area contributed by atoms with Crippen LogP contribution in [0, 0.1) is 11.3 Å². The minimum atomic E-state index is -1.08. The van der Waals surface area contributed by atoms with Crippen LogP contribution in [-0.4, -0.2) is 35.6 Å².